The average molecular weight is 1170 g/mol. The van der Waals surface area contributed by atoms with E-state index in [9.17, 15) is 0 Å². The minimum atomic E-state index is 0. The number of hydrogen-bond acceptors (Lipinski definition) is 3. The van der Waals surface area contributed by atoms with Crippen LogP contribution in [-0.2, 0) is 21.1 Å². The molecule has 0 radical (unpaired) electrons. The van der Waals surface area contributed by atoms with Crippen LogP contribution in [0.4, 0.5) is 0 Å². The van der Waals surface area contributed by atoms with Crippen LogP contribution < -0.4 is 9.97 Å². The third-order valence-corrected chi connectivity index (χ3v) is 15.6. The predicted octanol–water partition coefficient (Wildman–Crippen LogP) is 17.7. The van der Waals surface area contributed by atoms with Crippen molar-refractivity contribution in [3.05, 3.63) is 255 Å². The molecule has 0 saturated carbocycles. The summed E-state index contributed by atoms with van der Waals surface area (Å²) in [5, 5.41) is 6.36. The Kier molecular flexibility index (Phi) is 10.7. The molecule has 0 amide bonds. The van der Waals surface area contributed by atoms with Gasteiger partial charge in [0.2, 0.25) is 0 Å². The van der Waals surface area contributed by atoms with E-state index >= 15 is 0 Å². The van der Waals surface area contributed by atoms with Crippen LogP contribution in [0.3, 0.4) is 0 Å². The summed E-state index contributed by atoms with van der Waals surface area (Å²) in [6.45, 7) is 0. The molecule has 0 fully saturated rings. The van der Waals surface area contributed by atoms with Crippen molar-refractivity contribution in [1.29, 1.82) is 0 Å². The van der Waals surface area contributed by atoms with Crippen molar-refractivity contribution in [2.75, 3.05) is 0 Å². The van der Waals surface area contributed by atoms with Gasteiger partial charge in [0, 0.05) is 50.5 Å². The molecule has 366 valence electrons. The van der Waals surface area contributed by atoms with E-state index in [4.69, 9.17) is 24.9 Å². The smallest absolute Gasteiger partial charge is 0.656 e. The monoisotopic (exact) mass is 1170 g/mol. The Morgan fingerprint density at radius 3 is 1.17 bits per heavy atom. The van der Waals surface area contributed by atoms with Crippen LogP contribution >= 0.6 is 0 Å². The molecule has 6 heterocycles. The van der Waals surface area contributed by atoms with Crippen molar-refractivity contribution in [3.8, 4) is 95.4 Å². The molecular formula is C71H42N6Pt. The van der Waals surface area contributed by atoms with Crippen molar-refractivity contribution in [3.63, 3.8) is 0 Å². The van der Waals surface area contributed by atoms with E-state index in [2.05, 4.69) is 241 Å². The average Bonchev–Trinajstić information content (AvgIpc) is 4.45. The number of aromatic nitrogens is 6. The van der Waals surface area contributed by atoms with Crippen molar-refractivity contribution >= 4 is 65.4 Å². The third-order valence-electron chi connectivity index (χ3n) is 15.6. The Morgan fingerprint density at radius 1 is 0.295 bits per heavy atom. The number of hydrogen-bond donors (Lipinski definition) is 0. The molecule has 16 rings (SSSR count). The number of pyridine rings is 1. The summed E-state index contributed by atoms with van der Waals surface area (Å²) in [4.78, 5) is 28.9. The molecule has 9 aromatic carbocycles. The summed E-state index contributed by atoms with van der Waals surface area (Å²) in [5.74, 6) is 0. The molecule has 0 unspecified atom stereocenters. The van der Waals surface area contributed by atoms with Gasteiger partial charge >= 0.3 is 21.1 Å². The van der Waals surface area contributed by atoms with E-state index in [0.29, 0.717) is 0 Å². The summed E-state index contributed by atoms with van der Waals surface area (Å²) in [6.07, 6.45) is 1.86. The fraction of sp³-hybridized carbons (Fsp3) is 0. The molecule has 7 heteroatoms. The van der Waals surface area contributed by atoms with Crippen LogP contribution in [-0.4, -0.2) is 19.5 Å². The molecule has 4 aromatic heterocycles. The van der Waals surface area contributed by atoms with Gasteiger partial charge in [-0.3, -0.25) is 4.98 Å². The Morgan fingerprint density at radius 2 is 0.679 bits per heavy atom. The van der Waals surface area contributed by atoms with Crippen LogP contribution in [0.15, 0.2) is 255 Å². The van der Waals surface area contributed by atoms with Gasteiger partial charge in [0.25, 0.3) is 0 Å². The number of nitrogens with zero attached hydrogens (tertiary/aromatic N) is 6. The molecule has 1 aliphatic carbocycles. The van der Waals surface area contributed by atoms with Gasteiger partial charge in [-0.05, 0) is 97.4 Å². The van der Waals surface area contributed by atoms with Gasteiger partial charge in [-0.15, -0.1) is 22.1 Å². The minimum Gasteiger partial charge on any atom is -0.656 e. The maximum atomic E-state index is 6.02. The summed E-state index contributed by atoms with van der Waals surface area (Å²) >= 11 is 0. The zero-order chi connectivity index (χ0) is 50.6. The van der Waals surface area contributed by atoms with Gasteiger partial charge in [0.15, 0.2) is 0 Å². The molecule has 0 N–H and O–H groups in total. The molecular weight excluding hydrogens is 1130 g/mol. The van der Waals surface area contributed by atoms with Crippen molar-refractivity contribution in [1.82, 2.24) is 29.5 Å². The summed E-state index contributed by atoms with van der Waals surface area (Å²) in [6, 6.07) is 88.3. The molecule has 0 atom stereocenters. The standard InChI is InChI=1S/C71H42N6.Pt/c1-4-22-43(23-5-1)60-64-48-29-10-12-31-50(48)68(73-64)62(45-39-40-59-56(42-45)47-28-18-19-38-58(47)77(59)46-26-8-3-9-27-46)69-51-32-13-11-30-49(51)65(74-69)61(44-24-6-2-7-25-44)67-53-34-15-17-36-55(53)71(76-67)63(57-37-20-21-41-72-57)70-54-35-16-14-33-52(54)66(60)75-70;/h1-42H;/q-2;+2. The molecule has 13 aromatic rings. The van der Waals surface area contributed by atoms with Crippen molar-refractivity contribution < 1.29 is 21.1 Å². The first-order valence-electron chi connectivity index (χ1n) is 26.1. The van der Waals surface area contributed by atoms with Crippen LogP contribution in [0.5, 0.6) is 0 Å². The first kappa shape index (κ1) is 45.6. The van der Waals surface area contributed by atoms with Crippen molar-refractivity contribution in [2.45, 2.75) is 0 Å². The normalized spacial score (nSPS) is 11.7. The SMILES string of the molecule is [Pt+2].c1ccc(-c2c3nc(c(-c4ccccn4)c4[n-]c(c(-c5ccccc5)c5nc(c(-c6ccc7c(c6)c6ccccc6n7-c6ccccc6)c6[n-]c2c2ccccc62)-c2ccccc2-5)c2ccccc42)-c2ccccc2-3)cc1. The van der Waals surface area contributed by atoms with Crippen molar-refractivity contribution in [2.24, 2.45) is 0 Å². The largest absolute Gasteiger partial charge is 2.00 e. The van der Waals surface area contributed by atoms with Crippen LogP contribution in [0.2, 0.25) is 0 Å². The molecule has 3 aliphatic rings. The molecule has 2 aliphatic heterocycles. The first-order chi connectivity index (χ1) is 38.2. The molecule has 78 heavy (non-hydrogen) atoms. The van der Waals surface area contributed by atoms with Gasteiger partial charge in [0.05, 0.1) is 39.5 Å². The molecule has 0 spiro atoms. The topological polar surface area (TPSA) is 71.8 Å². The van der Waals surface area contributed by atoms with Crippen LogP contribution in [0.1, 0.15) is 0 Å². The quantitative estimate of drug-likeness (QED) is 0.172. The number of fused-ring (bicyclic) bond motifs is 3. The number of rotatable bonds is 5. The molecule has 6 nitrogen and oxygen atoms in total. The van der Waals surface area contributed by atoms with Crippen LogP contribution in [0, 0.1) is 0 Å². The van der Waals surface area contributed by atoms with E-state index in [0.717, 1.165) is 155 Å². The zero-order valence-corrected chi connectivity index (χ0v) is 44.0. The Balaban J connectivity index is 0.00000529. The third kappa shape index (κ3) is 6.90. The van der Waals surface area contributed by atoms with E-state index in [1.807, 2.05) is 18.3 Å². The summed E-state index contributed by atoms with van der Waals surface area (Å²) < 4.78 is 2.37. The van der Waals surface area contributed by atoms with E-state index in [-0.39, 0.29) is 21.1 Å². The second-order valence-corrected chi connectivity index (χ2v) is 19.8. The van der Waals surface area contributed by atoms with Gasteiger partial charge in [0.1, 0.15) is 0 Å². The number of para-hydroxylation sites is 2. The Bertz CT molecular complexity index is 4870. The zero-order valence-electron chi connectivity index (χ0n) is 41.7. The minimum absolute atomic E-state index is 0. The second kappa shape index (κ2) is 18.2. The van der Waals surface area contributed by atoms with Gasteiger partial charge in [-0.1, -0.05) is 206 Å². The number of benzene rings is 9. The Hall–Kier alpha value is -9.74. The maximum absolute atomic E-state index is 6.02. The van der Waals surface area contributed by atoms with Gasteiger partial charge < -0.3 is 14.5 Å². The second-order valence-electron chi connectivity index (χ2n) is 19.8. The van der Waals surface area contributed by atoms with Gasteiger partial charge in [-0.25, -0.2) is 9.97 Å². The predicted molar refractivity (Wildman–Crippen MR) is 317 cm³/mol. The fourth-order valence-corrected chi connectivity index (χ4v) is 12.3. The summed E-state index contributed by atoms with van der Waals surface area (Å²) in [7, 11) is 0. The van der Waals surface area contributed by atoms with E-state index in [1.165, 1.54) is 5.39 Å². The van der Waals surface area contributed by atoms with E-state index < -0.39 is 0 Å². The first-order valence-corrected chi connectivity index (χ1v) is 26.1. The molecule has 8 bridgehead atoms. The fourth-order valence-electron chi connectivity index (χ4n) is 12.3. The van der Waals surface area contributed by atoms with Gasteiger partial charge in [-0.2, -0.15) is 0 Å². The Labute approximate surface area is 463 Å². The maximum Gasteiger partial charge on any atom is 2.00 e. The molecule has 0 saturated heterocycles. The van der Waals surface area contributed by atoms with E-state index in [1.54, 1.807) is 0 Å². The van der Waals surface area contributed by atoms with Crippen LogP contribution in [0.25, 0.3) is 161 Å². The summed E-state index contributed by atoms with van der Waals surface area (Å²) in [5.41, 5.74) is 21.5.